The summed E-state index contributed by atoms with van der Waals surface area (Å²) in [6, 6.07) is 6.86. The monoisotopic (exact) mass is 289 g/mol. The highest BCUT2D eigenvalue weighted by atomic mass is 16.5. The first-order valence-corrected chi connectivity index (χ1v) is 7.02. The predicted molar refractivity (Wildman–Crippen MR) is 77.6 cm³/mol. The van der Waals surface area contributed by atoms with Crippen molar-refractivity contribution in [3.8, 4) is 5.69 Å². The maximum absolute atomic E-state index is 11.4. The molecule has 2 rings (SSSR count). The number of rotatable bonds is 7. The van der Waals surface area contributed by atoms with E-state index in [1.807, 2.05) is 19.9 Å². The van der Waals surface area contributed by atoms with Gasteiger partial charge in [-0.05, 0) is 25.5 Å². The van der Waals surface area contributed by atoms with Gasteiger partial charge in [-0.2, -0.15) is 0 Å². The van der Waals surface area contributed by atoms with Crippen LogP contribution in [0.5, 0.6) is 0 Å². The summed E-state index contributed by atoms with van der Waals surface area (Å²) in [6.45, 7) is 4.82. The minimum absolute atomic E-state index is 0.229. The van der Waals surface area contributed by atoms with Gasteiger partial charge in [0.15, 0.2) is 5.82 Å². The molecule has 6 nitrogen and oxygen atoms in total. The van der Waals surface area contributed by atoms with Crippen LogP contribution in [0, 0.1) is 0 Å². The number of aryl methyl sites for hydroxylation is 1. The third kappa shape index (κ3) is 3.28. The van der Waals surface area contributed by atoms with Crippen molar-refractivity contribution in [3.05, 3.63) is 41.5 Å². The lowest BCUT2D eigenvalue weighted by molar-refractivity contribution is 0.0696. The zero-order chi connectivity index (χ0) is 15.2. The molecule has 0 bridgehead atoms. The van der Waals surface area contributed by atoms with E-state index in [1.165, 1.54) is 0 Å². The molecule has 0 amide bonds. The van der Waals surface area contributed by atoms with Crippen molar-refractivity contribution in [2.75, 3.05) is 6.61 Å². The second kappa shape index (κ2) is 6.99. The first-order chi connectivity index (χ1) is 10.2. The molecule has 1 N–H and O–H groups in total. The van der Waals surface area contributed by atoms with Crippen LogP contribution in [0.2, 0.25) is 0 Å². The lowest BCUT2D eigenvalue weighted by atomic mass is 10.1. The lowest BCUT2D eigenvalue weighted by Gasteiger charge is -2.12. The van der Waals surface area contributed by atoms with E-state index in [0.29, 0.717) is 24.7 Å². The summed E-state index contributed by atoms with van der Waals surface area (Å²) < 4.78 is 7.20. The van der Waals surface area contributed by atoms with Crippen LogP contribution in [0.25, 0.3) is 5.69 Å². The highest BCUT2D eigenvalue weighted by Gasteiger charge is 2.18. The Hall–Kier alpha value is -2.21. The zero-order valence-electron chi connectivity index (χ0n) is 12.2. The van der Waals surface area contributed by atoms with E-state index in [4.69, 9.17) is 4.74 Å². The van der Waals surface area contributed by atoms with Gasteiger partial charge in [-0.15, -0.1) is 10.2 Å². The van der Waals surface area contributed by atoms with E-state index >= 15 is 0 Å². The number of aromatic nitrogens is 3. The Labute approximate surface area is 123 Å². The maximum atomic E-state index is 11.4. The molecule has 0 saturated carbocycles. The first-order valence-electron chi connectivity index (χ1n) is 7.02. The number of benzene rings is 1. The van der Waals surface area contributed by atoms with E-state index in [1.54, 1.807) is 22.8 Å². The van der Waals surface area contributed by atoms with Crippen LogP contribution in [0.15, 0.2) is 24.3 Å². The molecule has 1 heterocycles. The van der Waals surface area contributed by atoms with Gasteiger partial charge in [-0.25, -0.2) is 4.79 Å². The molecule has 2 aromatic rings. The fourth-order valence-electron chi connectivity index (χ4n) is 2.15. The van der Waals surface area contributed by atoms with Crippen molar-refractivity contribution in [2.24, 2.45) is 0 Å². The summed E-state index contributed by atoms with van der Waals surface area (Å²) in [6.07, 6.45) is 1.63. The Morgan fingerprint density at radius 1 is 1.24 bits per heavy atom. The molecule has 0 aliphatic heterocycles. The molecule has 0 spiro atoms. The smallest absolute Gasteiger partial charge is 0.337 e. The van der Waals surface area contributed by atoms with Crippen molar-refractivity contribution in [2.45, 2.75) is 33.3 Å². The summed E-state index contributed by atoms with van der Waals surface area (Å²) >= 11 is 0. The van der Waals surface area contributed by atoms with Crippen LogP contribution in [-0.2, 0) is 17.8 Å². The van der Waals surface area contributed by atoms with Crippen molar-refractivity contribution in [3.63, 3.8) is 0 Å². The van der Waals surface area contributed by atoms with Crippen LogP contribution in [0.1, 0.15) is 42.3 Å². The SMILES string of the molecule is CCCc1nnc(COCC)n1-c1ccccc1C(=O)O. The standard InChI is InChI=1S/C15H19N3O3/c1-3-7-13-16-17-14(10-21-4-2)18(13)12-9-6-5-8-11(12)15(19)20/h5-6,8-9H,3-4,7,10H2,1-2H3,(H,19,20). The van der Waals surface area contributed by atoms with E-state index < -0.39 is 5.97 Å². The number of hydrogen-bond acceptors (Lipinski definition) is 4. The fourth-order valence-corrected chi connectivity index (χ4v) is 2.15. The summed E-state index contributed by atoms with van der Waals surface area (Å²) in [5.74, 6) is 0.402. The van der Waals surface area contributed by atoms with Gasteiger partial charge in [-0.1, -0.05) is 19.1 Å². The molecule has 1 aromatic heterocycles. The Morgan fingerprint density at radius 2 is 1.95 bits per heavy atom. The molecule has 0 radical (unpaired) electrons. The molecule has 6 heteroatoms. The van der Waals surface area contributed by atoms with Gasteiger partial charge in [0.25, 0.3) is 0 Å². The second-order valence-electron chi connectivity index (χ2n) is 4.58. The van der Waals surface area contributed by atoms with E-state index in [0.717, 1.165) is 18.7 Å². The van der Waals surface area contributed by atoms with Gasteiger partial charge >= 0.3 is 5.97 Å². The second-order valence-corrected chi connectivity index (χ2v) is 4.58. The summed E-state index contributed by atoms with van der Waals surface area (Å²) in [5.41, 5.74) is 0.806. The summed E-state index contributed by atoms with van der Waals surface area (Å²) in [7, 11) is 0. The first kappa shape index (κ1) is 15.2. The number of aromatic carboxylic acids is 1. The number of para-hydroxylation sites is 1. The third-order valence-corrected chi connectivity index (χ3v) is 3.08. The van der Waals surface area contributed by atoms with Gasteiger partial charge in [0.1, 0.15) is 12.4 Å². The largest absolute Gasteiger partial charge is 0.478 e. The van der Waals surface area contributed by atoms with Gasteiger partial charge in [-0.3, -0.25) is 4.57 Å². The number of ether oxygens (including phenoxy) is 1. The maximum Gasteiger partial charge on any atom is 0.337 e. The number of carbonyl (C=O) groups is 1. The number of nitrogens with zero attached hydrogens (tertiary/aromatic N) is 3. The van der Waals surface area contributed by atoms with E-state index in [9.17, 15) is 9.90 Å². The van der Waals surface area contributed by atoms with Crippen molar-refractivity contribution in [1.29, 1.82) is 0 Å². The zero-order valence-corrected chi connectivity index (χ0v) is 12.2. The molecule has 0 aliphatic rings. The summed E-state index contributed by atoms with van der Waals surface area (Å²) in [4.78, 5) is 11.4. The Kier molecular flexibility index (Phi) is 5.05. The topological polar surface area (TPSA) is 77.2 Å². The molecular weight excluding hydrogens is 270 g/mol. The van der Waals surface area contributed by atoms with Crippen molar-refractivity contribution in [1.82, 2.24) is 14.8 Å². The van der Waals surface area contributed by atoms with Gasteiger partial charge in [0.05, 0.1) is 11.3 Å². The lowest BCUT2D eigenvalue weighted by Crippen LogP contribution is -2.12. The van der Waals surface area contributed by atoms with Crippen LogP contribution < -0.4 is 0 Å². The van der Waals surface area contributed by atoms with Crippen LogP contribution in [0.4, 0.5) is 0 Å². The van der Waals surface area contributed by atoms with Gasteiger partial charge in [0, 0.05) is 13.0 Å². The average Bonchev–Trinajstić information content (AvgIpc) is 2.88. The molecule has 1 aromatic carbocycles. The average molecular weight is 289 g/mol. The molecule has 21 heavy (non-hydrogen) atoms. The van der Waals surface area contributed by atoms with Gasteiger partial charge in [0.2, 0.25) is 0 Å². The number of hydrogen-bond donors (Lipinski definition) is 1. The van der Waals surface area contributed by atoms with Crippen LogP contribution in [0.3, 0.4) is 0 Å². The van der Waals surface area contributed by atoms with Crippen molar-refractivity contribution >= 4 is 5.97 Å². The van der Waals surface area contributed by atoms with E-state index in [-0.39, 0.29) is 5.56 Å². The van der Waals surface area contributed by atoms with Gasteiger partial charge < -0.3 is 9.84 Å². The van der Waals surface area contributed by atoms with Crippen LogP contribution in [-0.4, -0.2) is 32.4 Å². The molecule has 112 valence electrons. The highest BCUT2D eigenvalue weighted by molar-refractivity contribution is 5.92. The minimum Gasteiger partial charge on any atom is -0.478 e. The Morgan fingerprint density at radius 3 is 2.62 bits per heavy atom. The Bertz CT molecular complexity index is 622. The molecular formula is C15H19N3O3. The third-order valence-electron chi connectivity index (χ3n) is 3.08. The highest BCUT2D eigenvalue weighted by Crippen LogP contribution is 2.19. The fraction of sp³-hybridized carbons (Fsp3) is 0.400. The van der Waals surface area contributed by atoms with E-state index in [2.05, 4.69) is 10.2 Å². The van der Waals surface area contributed by atoms with Crippen molar-refractivity contribution < 1.29 is 14.6 Å². The normalized spacial score (nSPS) is 10.8. The molecule has 0 fully saturated rings. The molecule has 0 aliphatic carbocycles. The molecule has 0 unspecified atom stereocenters. The number of carboxylic acid groups (broad SMARTS) is 1. The Balaban J connectivity index is 2.54. The predicted octanol–water partition coefficient (Wildman–Crippen LogP) is 2.45. The minimum atomic E-state index is -0.968. The molecule has 0 saturated heterocycles. The quantitative estimate of drug-likeness (QED) is 0.847. The van der Waals surface area contributed by atoms with Crippen LogP contribution >= 0.6 is 0 Å². The molecule has 0 atom stereocenters. The summed E-state index contributed by atoms with van der Waals surface area (Å²) in [5, 5.41) is 17.7. The number of carboxylic acids is 1.